The van der Waals surface area contributed by atoms with Crippen molar-refractivity contribution >= 4 is 23.2 Å². The largest absolute Gasteiger partial charge is 0.496 e. The topological polar surface area (TPSA) is 53.1 Å². The fourth-order valence-electron chi connectivity index (χ4n) is 2.02. The smallest absolute Gasteiger partial charge is 0.125 e. The quantitative estimate of drug-likeness (QED) is 0.943. The lowest BCUT2D eigenvalue weighted by Crippen LogP contribution is -2.18. The first-order valence-electron chi connectivity index (χ1n) is 5.88. The van der Waals surface area contributed by atoms with Crippen LogP contribution in [0.15, 0.2) is 24.4 Å². The second-order valence-electron chi connectivity index (χ2n) is 4.06. The third-order valence-electron chi connectivity index (χ3n) is 2.96. The molecule has 1 atom stereocenters. The minimum absolute atomic E-state index is 0.415. The van der Waals surface area contributed by atoms with Crippen LogP contribution < -0.4 is 10.5 Å². The maximum atomic E-state index is 6.30. The first-order valence-corrected chi connectivity index (χ1v) is 6.64. The predicted molar refractivity (Wildman–Crippen MR) is 76.9 cm³/mol. The van der Waals surface area contributed by atoms with Gasteiger partial charge in [-0.25, -0.2) is 0 Å². The van der Waals surface area contributed by atoms with Crippen molar-refractivity contribution in [3.63, 3.8) is 0 Å². The van der Waals surface area contributed by atoms with E-state index in [2.05, 4.69) is 5.10 Å². The fourth-order valence-corrected chi connectivity index (χ4v) is 2.44. The van der Waals surface area contributed by atoms with E-state index in [9.17, 15) is 0 Å². The van der Waals surface area contributed by atoms with Crippen molar-refractivity contribution in [2.24, 2.45) is 5.73 Å². The molecule has 0 aliphatic rings. The Labute approximate surface area is 122 Å². The van der Waals surface area contributed by atoms with Gasteiger partial charge >= 0.3 is 0 Å². The first-order chi connectivity index (χ1) is 9.08. The van der Waals surface area contributed by atoms with Crippen LogP contribution in [0.2, 0.25) is 10.0 Å². The standard InChI is InChI=1S/C13H15Cl2N3O/c1-3-18-13(10(15)7-17-18)12(16)9-5-4-8(14)6-11(9)19-2/h4-7,12H,3,16H2,1-2H3. The molecule has 2 rings (SSSR count). The molecule has 0 spiro atoms. The summed E-state index contributed by atoms with van der Waals surface area (Å²) in [6.45, 7) is 2.68. The van der Waals surface area contributed by atoms with Crippen LogP contribution in [-0.2, 0) is 6.54 Å². The number of nitrogens with zero attached hydrogens (tertiary/aromatic N) is 2. The van der Waals surface area contributed by atoms with Crippen molar-refractivity contribution in [1.82, 2.24) is 9.78 Å². The van der Waals surface area contributed by atoms with Gasteiger partial charge < -0.3 is 10.5 Å². The lowest BCUT2D eigenvalue weighted by Gasteiger charge is -2.17. The number of aromatic nitrogens is 2. The molecule has 0 aliphatic heterocycles. The highest BCUT2D eigenvalue weighted by Gasteiger charge is 2.21. The van der Waals surface area contributed by atoms with Crippen molar-refractivity contribution < 1.29 is 4.74 Å². The van der Waals surface area contributed by atoms with E-state index >= 15 is 0 Å². The Morgan fingerprint density at radius 2 is 2.16 bits per heavy atom. The number of methoxy groups -OCH3 is 1. The van der Waals surface area contributed by atoms with Gasteiger partial charge in [-0.05, 0) is 19.1 Å². The Hall–Kier alpha value is -1.23. The SMILES string of the molecule is CCn1ncc(Cl)c1C(N)c1ccc(Cl)cc1OC. The van der Waals surface area contributed by atoms with Crippen molar-refractivity contribution in [2.45, 2.75) is 19.5 Å². The van der Waals surface area contributed by atoms with Gasteiger partial charge in [-0.2, -0.15) is 5.10 Å². The molecule has 0 radical (unpaired) electrons. The van der Waals surface area contributed by atoms with E-state index in [1.165, 1.54) is 0 Å². The third kappa shape index (κ3) is 2.71. The van der Waals surface area contributed by atoms with Gasteiger partial charge in [0.2, 0.25) is 0 Å². The van der Waals surface area contributed by atoms with Gasteiger partial charge in [0.05, 0.1) is 30.1 Å². The van der Waals surface area contributed by atoms with Crippen molar-refractivity contribution in [3.05, 3.63) is 45.7 Å². The molecule has 1 heterocycles. The molecule has 19 heavy (non-hydrogen) atoms. The number of hydrogen-bond donors (Lipinski definition) is 1. The number of aryl methyl sites for hydroxylation is 1. The number of halogens is 2. The van der Waals surface area contributed by atoms with Gasteiger partial charge in [0.15, 0.2) is 0 Å². The molecule has 2 aromatic rings. The zero-order valence-electron chi connectivity index (χ0n) is 10.7. The minimum Gasteiger partial charge on any atom is -0.496 e. The Bertz CT molecular complexity index is 583. The number of ether oxygens (including phenoxy) is 1. The van der Waals surface area contributed by atoms with Crippen LogP contribution in [0.25, 0.3) is 0 Å². The Morgan fingerprint density at radius 1 is 1.42 bits per heavy atom. The molecule has 0 saturated heterocycles. The van der Waals surface area contributed by atoms with Crippen LogP contribution in [0.5, 0.6) is 5.75 Å². The van der Waals surface area contributed by atoms with Crippen LogP contribution in [0.4, 0.5) is 0 Å². The van der Waals surface area contributed by atoms with Crippen molar-refractivity contribution in [2.75, 3.05) is 7.11 Å². The van der Waals surface area contributed by atoms with E-state index in [0.717, 1.165) is 11.3 Å². The fraction of sp³-hybridized carbons (Fsp3) is 0.308. The minimum atomic E-state index is -0.415. The van der Waals surface area contributed by atoms with Gasteiger partial charge in [-0.1, -0.05) is 29.3 Å². The lowest BCUT2D eigenvalue weighted by atomic mass is 10.0. The predicted octanol–water partition coefficient (Wildman–Crippen LogP) is 3.27. The number of nitrogens with two attached hydrogens (primary N) is 1. The highest BCUT2D eigenvalue weighted by atomic mass is 35.5. The summed E-state index contributed by atoms with van der Waals surface area (Å²) in [4.78, 5) is 0. The molecule has 0 bridgehead atoms. The zero-order valence-corrected chi connectivity index (χ0v) is 12.2. The summed E-state index contributed by atoms with van der Waals surface area (Å²) >= 11 is 12.1. The normalized spacial score (nSPS) is 12.5. The monoisotopic (exact) mass is 299 g/mol. The summed E-state index contributed by atoms with van der Waals surface area (Å²) in [7, 11) is 1.58. The molecule has 1 aromatic heterocycles. The molecule has 0 amide bonds. The Morgan fingerprint density at radius 3 is 2.79 bits per heavy atom. The van der Waals surface area contributed by atoms with E-state index in [0.29, 0.717) is 22.3 Å². The van der Waals surface area contributed by atoms with Crippen LogP contribution in [-0.4, -0.2) is 16.9 Å². The van der Waals surface area contributed by atoms with E-state index in [4.69, 9.17) is 33.7 Å². The zero-order chi connectivity index (χ0) is 14.0. The number of benzene rings is 1. The number of hydrogen-bond acceptors (Lipinski definition) is 3. The molecular formula is C13H15Cl2N3O. The van der Waals surface area contributed by atoms with E-state index in [1.807, 2.05) is 13.0 Å². The molecule has 0 fully saturated rings. The molecule has 0 saturated carbocycles. The Balaban J connectivity index is 2.49. The molecule has 102 valence electrons. The molecule has 4 nitrogen and oxygen atoms in total. The Kier molecular flexibility index (Phi) is 4.34. The van der Waals surface area contributed by atoms with Crippen LogP contribution >= 0.6 is 23.2 Å². The molecule has 6 heteroatoms. The van der Waals surface area contributed by atoms with Gasteiger partial charge in [0.25, 0.3) is 0 Å². The highest BCUT2D eigenvalue weighted by Crippen LogP contribution is 2.33. The highest BCUT2D eigenvalue weighted by molar-refractivity contribution is 6.31. The summed E-state index contributed by atoms with van der Waals surface area (Å²) in [6, 6.07) is 4.94. The summed E-state index contributed by atoms with van der Waals surface area (Å²) < 4.78 is 7.10. The van der Waals surface area contributed by atoms with Crippen LogP contribution in [0, 0.1) is 0 Å². The van der Waals surface area contributed by atoms with Gasteiger partial charge in [-0.3, -0.25) is 4.68 Å². The summed E-state index contributed by atoms with van der Waals surface area (Å²) in [5.41, 5.74) is 7.89. The summed E-state index contributed by atoms with van der Waals surface area (Å²) in [6.07, 6.45) is 1.60. The van der Waals surface area contributed by atoms with Gasteiger partial charge in [-0.15, -0.1) is 0 Å². The molecule has 2 N–H and O–H groups in total. The number of rotatable bonds is 4. The average molecular weight is 300 g/mol. The van der Waals surface area contributed by atoms with Crippen molar-refractivity contribution in [1.29, 1.82) is 0 Å². The van der Waals surface area contributed by atoms with Gasteiger partial charge in [0, 0.05) is 17.1 Å². The summed E-state index contributed by atoms with van der Waals surface area (Å²) in [5, 5.41) is 5.34. The molecule has 1 unspecified atom stereocenters. The van der Waals surface area contributed by atoms with E-state index < -0.39 is 6.04 Å². The second-order valence-corrected chi connectivity index (χ2v) is 4.90. The first kappa shape index (κ1) is 14.2. The molecule has 1 aromatic carbocycles. The molecular weight excluding hydrogens is 285 g/mol. The average Bonchev–Trinajstić information content (AvgIpc) is 2.78. The van der Waals surface area contributed by atoms with Crippen LogP contribution in [0.1, 0.15) is 24.2 Å². The maximum absolute atomic E-state index is 6.30. The van der Waals surface area contributed by atoms with Crippen molar-refractivity contribution in [3.8, 4) is 5.75 Å². The van der Waals surface area contributed by atoms with Gasteiger partial charge in [0.1, 0.15) is 5.75 Å². The van der Waals surface area contributed by atoms with E-state index in [1.54, 1.807) is 30.1 Å². The van der Waals surface area contributed by atoms with E-state index in [-0.39, 0.29) is 0 Å². The summed E-state index contributed by atoms with van der Waals surface area (Å²) in [5.74, 6) is 0.639. The lowest BCUT2D eigenvalue weighted by molar-refractivity contribution is 0.407. The second kappa shape index (κ2) is 5.82. The molecule has 0 aliphatic carbocycles. The third-order valence-corrected chi connectivity index (χ3v) is 3.48. The van der Waals surface area contributed by atoms with Crippen LogP contribution in [0.3, 0.4) is 0 Å². The maximum Gasteiger partial charge on any atom is 0.125 e.